The van der Waals surface area contributed by atoms with Crippen LogP contribution >= 0.6 is 0 Å². The van der Waals surface area contributed by atoms with E-state index >= 15 is 0 Å². The van der Waals surface area contributed by atoms with Crippen molar-refractivity contribution in [2.45, 2.75) is 0 Å². The molecule has 20 heavy (non-hydrogen) atoms. The van der Waals surface area contributed by atoms with Gasteiger partial charge in [-0.2, -0.15) is 0 Å². The number of nitrogens with zero attached hydrogens (tertiary/aromatic N) is 3. The molecule has 0 unspecified atom stereocenters. The van der Waals surface area contributed by atoms with Gasteiger partial charge >= 0.3 is 0 Å². The van der Waals surface area contributed by atoms with Crippen molar-refractivity contribution in [1.82, 2.24) is 9.97 Å². The summed E-state index contributed by atoms with van der Waals surface area (Å²) >= 11 is 0. The second kappa shape index (κ2) is 5.98. The van der Waals surface area contributed by atoms with Crippen LogP contribution in [0, 0.1) is 0 Å². The van der Waals surface area contributed by atoms with Crippen molar-refractivity contribution in [3.63, 3.8) is 0 Å². The number of carbonyl (C=O) groups excluding carboxylic acids is 1. The van der Waals surface area contributed by atoms with Gasteiger partial charge in [-0.25, -0.2) is 10.8 Å². The second-order valence-electron chi connectivity index (χ2n) is 4.00. The normalized spacial score (nSPS) is 9.95. The fourth-order valence-electron chi connectivity index (χ4n) is 1.63. The maximum Gasteiger partial charge on any atom is 0.278 e. The molecule has 0 aliphatic heterocycles. The minimum atomic E-state index is -0.278. The maximum absolute atomic E-state index is 12.3. The molecule has 3 N–H and O–H groups in total. The van der Waals surface area contributed by atoms with Crippen LogP contribution in [0.2, 0.25) is 0 Å². The van der Waals surface area contributed by atoms with E-state index in [1.165, 1.54) is 17.3 Å². The summed E-state index contributed by atoms with van der Waals surface area (Å²) in [5.74, 6) is 6.03. The molecule has 2 aromatic rings. The molecule has 104 valence electrons. The molecule has 7 heteroatoms. The Hall–Kier alpha value is -2.67. The van der Waals surface area contributed by atoms with Gasteiger partial charge < -0.3 is 15.1 Å². The predicted octanol–water partition coefficient (Wildman–Crippen LogP) is 1.05. The summed E-state index contributed by atoms with van der Waals surface area (Å²) in [6, 6.07) is 7.13. The van der Waals surface area contributed by atoms with Gasteiger partial charge in [0, 0.05) is 12.7 Å². The van der Waals surface area contributed by atoms with Gasteiger partial charge in [0.1, 0.15) is 11.4 Å². The number of hydrogen-bond acceptors (Lipinski definition) is 6. The van der Waals surface area contributed by atoms with E-state index < -0.39 is 0 Å². The van der Waals surface area contributed by atoms with Gasteiger partial charge in [0.25, 0.3) is 5.91 Å². The van der Waals surface area contributed by atoms with E-state index in [0.717, 1.165) is 11.4 Å². The average molecular weight is 273 g/mol. The van der Waals surface area contributed by atoms with Gasteiger partial charge in [-0.1, -0.05) is 0 Å². The molecule has 0 saturated heterocycles. The Balaban J connectivity index is 2.22. The zero-order chi connectivity index (χ0) is 14.5. The second-order valence-corrected chi connectivity index (χ2v) is 4.00. The Morgan fingerprint density at radius 1 is 1.30 bits per heavy atom. The topological polar surface area (TPSA) is 93.4 Å². The molecule has 1 aromatic heterocycles. The Bertz CT molecular complexity index is 600. The minimum Gasteiger partial charge on any atom is -0.497 e. The lowest BCUT2D eigenvalue weighted by Gasteiger charge is -2.17. The van der Waals surface area contributed by atoms with Crippen molar-refractivity contribution >= 4 is 17.4 Å². The van der Waals surface area contributed by atoms with Gasteiger partial charge in [-0.05, 0) is 24.3 Å². The number of aromatic nitrogens is 2. The number of anilines is 2. The lowest BCUT2D eigenvalue weighted by Crippen LogP contribution is -2.27. The number of amides is 1. The standard InChI is InChI=1S/C13H15N5O2/c1-18(9-3-5-10(20-2)6-4-9)13(19)11-7-15-8-12(16-11)17-14/h3-8H,14H2,1-2H3,(H,16,17). The van der Waals surface area contributed by atoms with E-state index in [-0.39, 0.29) is 11.6 Å². The molecule has 0 bridgehead atoms. The Kier molecular flexibility index (Phi) is 4.11. The number of hydrazine groups is 1. The van der Waals surface area contributed by atoms with E-state index in [1.807, 2.05) is 0 Å². The van der Waals surface area contributed by atoms with Crippen LogP contribution < -0.4 is 20.9 Å². The van der Waals surface area contributed by atoms with E-state index in [9.17, 15) is 4.79 Å². The third-order valence-electron chi connectivity index (χ3n) is 2.77. The number of nitrogens with one attached hydrogen (secondary N) is 1. The van der Waals surface area contributed by atoms with Crippen LogP contribution in [0.4, 0.5) is 11.5 Å². The van der Waals surface area contributed by atoms with Crippen molar-refractivity contribution in [3.8, 4) is 5.75 Å². The maximum atomic E-state index is 12.3. The summed E-state index contributed by atoms with van der Waals surface area (Å²) in [5, 5.41) is 0. The van der Waals surface area contributed by atoms with E-state index in [1.54, 1.807) is 38.4 Å². The molecule has 0 spiro atoms. The van der Waals surface area contributed by atoms with Gasteiger partial charge in [-0.3, -0.25) is 9.78 Å². The van der Waals surface area contributed by atoms with E-state index in [4.69, 9.17) is 10.6 Å². The van der Waals surface area contributed by atoms with Crippen molar-refractivity contribution in [3.05, 3.63) is 42.4 Å². The summed E-state index contributed by atoms with van der Waals surface area (Å²) in [6.07, 6.45) is 2.83. The van der Waals surface area contributed by atoms with Crippen LogP contribution in [0.15, 0.2) is 36.7 Å². The van der Waals surface area contributed by atoms with Crippen LogP contribution in [0.1, 0.15) is 10.5 Å². The number of ether oxygens (including phenoxy) is 1. The van der Waals surface area contributed by atoms with Gasteiger partial charge in [0.15, 0.2) is 5.82 Å². The molecule has 1 amide bonds. The van der Waals surface area contributed by atoms with Crippen LogP contribution in [0.5, 0.6) is 5.75 Å². The zero-order valence-electron chi connectivity index (χ0n) is 11.2. The van der Waals surface area contributed by atoms with Crippen molar-refractivity contribution in [1.29, 1.82) is 0 Å². The van der Waals surface area contributed by atoms with Crippen LogP contribution in [-0.4, -0.2) is 30.0 Å². The Morgan fingerprint density at radius 3 is 2.60 bits per heavy atom. The summed E-state index contributed by atoms with van der Waals surface area (Å²) in [6.45, 7) is 0. The lowest BCUT2D eigenvalue weighted by molar-refractivity contribution is 0.0988. The third kappa shape index (κ3) is 2.83. The smallest absolute Gasteiger partial charge is 0.278 e. The molecule has 0 saturated carbocycles. The molecule has 0 fully saturated rings. The SMILES string of the molecule is COc1ccc(N(C)C(=O)c2cncc(NN)n2)cc1. The summed E-state index contributed by atoms with van der Waals surface area (Å²) in [5.41, 5.74) is 3.29. The number of rotatable bonds is 4. The molecule has 1 aromatic carbocycles. The first kappa shape index (κ1) is 13.8. The highest BCUT2D eigenvalue weighted by molar-refractivity contribution is 6.04. The van der Waals surface area contributed by atoms with Gasteiger partial charge in [-0.15, -0.1) is 0 Å². The highest BCUT2D eigenvalue weighted by atomic mass is 16.5. The molecular weight excluding hydrogens is 258 g/mol. The number of nitrogen functional groups attached to an aromatic ring is 1. The number of carbonyl (C=O) groups is 1. The number of nitrogens with two attached hydrogens (primary N) is 1. The van der Waals surface area contributed by atoms with Crippen LogP contribution in [0.3, 0.4) is 0 Å². The summed E-state index contributed by atoms with van der Waals surface area (Å²) in [7, 11) is 3.25. The fraction of sp³-hybridized carbons (Fsp3) is 0.154. The molecule has 1 heterocycles. The molecule has 0 atom stereocenters. The molecular formula is C13H15N5O2. The fourth-order valence-corrected chi connectivity index (χ4v) is 1.63. The summed E-state index contributed by atoms with van der Waals surface area (Å²) < 4.78 is 5.08. The monoisotopic (exact) mass is 273 g/mol. The first-order valence-corrected chi connectivity index (χ1v) is 5.86. The van der Waals surface area contributed by atoms with Crippen molar-refractivity contribution in [2.24, 2.45) is 5.84 Å². The third-order valence-corrected chi connectivity index (χ3v) is 2.77. The summed E-state index contributed by atoms with van der Waals surface area (Å²) in [4.78, 5) is 21.7. The number of benzene rings is 1. The molecule has 2 rings (SSSR count). The van der Waals surface area contributed by atoms with Gasteiger partial charge in [0.2, 0.25) is 0 Å². The Labute approximate surface area is 116 Å². The Morgan fingerprint density at radius 2 is 2.00 bits per heavy atom. The molecule has 7 nitrogen and oxygen atoms in total. The van der Waals surface area contributed by atoms with Crippen LogP contribution in [0.25, 0.3) is 0 Å². The zero-order valence-corrected chi connectivity index (χ0v) is 11.2. The largest absolute Gasteiger partial charge is 0.497 e. The van der Waals surface area contributed by atoms with Crippen molar-refractivity contribution < 1.29 is 9.53 Å². The average Bonchev–Trinajstić information content (AvgIpc) is 2.53. The number of methoxy groups -OCH3 is 1. The predicted molar refractivity (Wildman–Crippen MR) is 75.6 cm³/mol. The highest BCUT2D eigenvalue weighted by Crippen LogP contribution is 2.19. The quantitative estimate of drug-likeness (QED) is 0.639. The van der Waals surface area contributed by atoms with Crippen LogP contribution in [-0.2, 0) is 0 Å². The first-order valence-electron chi connectivity index (χ1n) is 5.86. The molecule has 0 aliphatic carbocycles. The molecule has 0 aliphatic rings. The van der Waals surface area contributed by atoms with Crippen molar-refractivity contribution in [2.75, 3.05) is 24.5 Å². The first-order chi connectivity index (χ1) is 9.65. The van der Waals surface area contributed by atoms with E-state index in [2.05, 4.69) is 15.4 Å². The minimum absolute atomic E-state index is 0.207. The highest BCUT2D eigenvalue weighted by Gasteiger charge is 2.15. The molecule has 0 radical (unpaired) electrons. The lowest BCUT2D eigenvalue weighted by atomic mass is 10.2. The number of hydrogen-bond donors (Lipinski definition) is 2. The van der Waals surface area contributed by atoms with Gasteiger partial charge in [0.05, 0.1) is 19.5 Å². The van der Waals surface area contributed by atoms with E-state index in [0.29, 0.717) is 5.82 Å².